The fraction of sp³-hybridized carbons (Fsp3) is 0.125. The number of amides is 1. The number of para-hydroxylation sites is 1. The first-order chi connectivity index (χ1) is 16.0. The van der Waals surface area contributed by atoms with Crippen LogP contribution in [0.4, 0.5) is 5.69 Å². The highest BCUT2D eigenvalue weighted by atomic mass is 35.5. The number of nitrogens with one attached hydrogen (secondary N) is 1. The van der Waals surface area contributed by atoms with E-state index in [1.165, 1.54) is 30.1 Å². The molecule has 0 saturated carbocycles. The molecule has 33 heavy (non-hydrogen) atoms. The molecule has 1 atom stereocenters. The number of halogens is 1. The Kier molecular flexibility index (Phi) is 6.76. The molecule has 2 heterocycles. The molecule has 7 nitrogen and oxygen atoms in total. The number of hydrogen-bond acceptors (Lipinski definition) is 6. The van der Waals surface area contributed by atoms with E-state index in [2.05, 4.69) is 10.4 Å². The molecule has 2 aromatic heterocycles. The normalized spacial score (nSPS) is 11.6. The molecule has 0 unspecified atom stereocenters. The summed E-state index contributed by atoms with van der Waals surface area (Å²) in [6, 6.07) is 19.6. The molecular weight excluding hydrogens is 462 g/mol. The number of anilines is 1. The van der Waals surface area contributed by atoms with Crippen molar-refractivity contribution >= 4 is 40.5 Å². The van der Waals surface area contributed by atoms with Gasteiger partial charge in [-0.05, 0) is 48.7 Å². The standard InChI is InChI=1S/C24H20ClN3O4S/c1-15(23(29)26-18-13-16(25)10-11-21(18)31-2)32-24(30)20-14-19(22-9-6-12-33-22)27-28(20)17-7-4-3-5-8-17/h3-15H,1-2H3,(H,26,29)/t15-/m1/s1. The first-order valence-corrected chi connectivity index (χ1v) is 11.3. The quantitative estimate of drug-likeness (QED) is 0.355. The summed E-state index contributed by atoms with van der Waals surface area (Å²) >= 11 is 7.54. The Bertz CT molecular complexity index is 1270. The zero-order valence-corrected chi connectivity index (χ0v) is 19.4. The molecule has 168 valence electrons. The molecule has 0 spiro atoms. The summed E-state index contributed by atoms with van der Waals surface area (Å²) in [6.45, 7) is 1.49. The predicted octanol–water partition coefficient (Wildman–Crippen LogP) is 5.45. The molecule has 0 aliphatic rings. The number of benzene rings is 2. The molecule has 0 bridgehead atoms. The Morgan fingerprint density at radius 3 is 2.58 bits per heavy atom. The van der Waals surface area contributed by atoms with Crippen LogP contribution in [0.2, 0.25) is 5.02 Å². The molecule has 0 aliphatic heterocycles. The van der Waals surface area contributed by atoms with Gasteiger partial charge in [-0.15, -0.1) is 11.3 Å². The van der Waals surface area contributed by atoms with Crippen molar-refractivity contribution in [1.82, 2.24) is 9.78 Å². The number of nitrogens with zero attached hydrogens (tertiary/aromatic N) is 2. The van der Waals surface area contributed by atoms with Gasteiger partial charge in [-0.1, -0.05) is 35.9 Å². The fourth-order valence-electron chi connectivity index (χ4n) is 3.12. The summed E-state index contributed by atoms with van der Waals surface area (Å²) in [5.74, 6) is -0.753. The number of esters is 1. The number of carbonyl (C=O) groups is 2. The Morgan fingerprint density at radius 1 is 1.09 bits per heavy atom. The van der Waals surface area contributed by atoms with Crippen LogP contribution in [0.25, 0.3) is 16.3 Å². The van der Waals surface area contributed by atoms with E-state index in [1.807, 2.05) is 47.8 Å². The number of ether oxygens (including phenoxy) is 2. The lowest BCUT2D eigenvalue weighted by molar-refractivity contribution is -0.123. The molecular formula is C24H20ClN3O4S. The summed E-state index contributed by atoms with van der Waals surface area (Å²) in [5.41, 5.74) is 1.94. The van der Waals surface area contributed by atoms with Gasteiger partial charge in [-0.25, -0.2) is 9.48 Å². The van der Waals surface area contributed by atoms with Gasteiger partial charge in [0.1, 0.15) is 11.4 Å². The van der Waals surface area contributed by atoms with Crippen molar-refractivity contribution in [3.63, 3.8) is 0 Å². The van der Waals surface area contributed by atoms with E-state index >= 15 is 0 Å². The maximum absolute atomic E-state index is 13.1. The molecule has 1 N–H and O–H groups in total. The molecule has 0 saturated heterocycles. The summed E-state index contributed by atoms with van der Waals surface area (Å²) < 4.78 is 12.2. The molecule has 4 aromatic rings. The van der Waals surface area contributed by atoms with E-state index in [0.717, 1.165) is 4.88 Å². The van der Waals surface area contributed by atoms with Crippen molar-refractivity contribution in [3.8, 4) is 22.0 Å². The lowest BCUT2D eigenvalue weighted by atomic mass is 10.2. The Morgan fingerprint density at radius 2 is 1.88 bits per heavy atom. The second kappa shape index (κ2) is 9.89. The smallest absolute Gasteiger partial charge is 0.357 e. The van der Waals surface area contributed by atoms with Crippen LogP contribution in [0.5, 0.6) is 5.75 Å². The molecule has 1 amide bonds. The number of aromatic nitrogens is 2. The summed E-state index contributed by atoms with van der Waals surface area (Å²) in [6.07, 6.45) is -1.08. The summed E-state index contributed by atoms with van der Waals surface area (Å²) in [7, 11) is 1.48. The number of hydrogen-bond donors (Lipinski definition) is 1. The van der Waals surface area contributed by atoms with Crippen molar-refractivity contribution in [2.45, 2.75) is 13.0 Å². The maximum atomic E-state index is 13.1. The molecule has 0 fully saturated rings. The average Bonchev–Trinajstić information content (AvgIpc) is 3.50. The van der Waals surface area contributed by atoms with Crippen LogP contribution >= 0.6 is 22.9 Å². The first kappa shape index (κ1) is 22.6. The summed E-state index contributed by atoms with van der Waals surface area (Å²) in [4.78, 5) is 26.7. The third-order valence-electron chi connectivity index (χ3n) is 4.77. The number of carbonyl (C=O) groups excluding carboxylic acids is 2. The number of rotatable bonds is 7. The van der Waals surface area contributed by atoms with Gasteiger partial charge < -0.3 is 14.8 Å². The Balaban J connectivity index is 1.56. The SMILES string of the molecule is COc1ccc(Cl)cc1NC(=O)[C@@H](C)OC(=O)c1cc(-c2cccs2)nn1-c1ccccc1. The van der Waals surface area contributed by atoms with Crippen molar-refractivity contribution < 1.29 is 19.1 Å². The first-order valence-electron chi connectivity index (χ1n) is 10.0. The lowest BCUT2D eigenvalue weighted by Crippen LogP contribution is -2.30. The van der Waals surface area contributed by atoms with Crippen molar-refractivity contribution in [2.75, 3.05) is 12.4 Å². The average molecular weight is 482 g/mol. The third kappa shape index (κ3) is 5.08. The lowest BCUT2D eigenvalue weighted by Gasteiger charge is -2.15. The second-order valence-electron chi connectivity index (χ2n) is 7.02. The highest BCUT2D eigenvalue weighted by Crippen LogP contribution is 2.28. The fourth-order valence-corrected chi connectivity index (χ4v) is 3.98. The zero-order chi connectivity index (χ0) is 23.4. The van der Waals surface area contributed by atoms with Gasteiger partial charge in [0.05, 0.1) is 23.4 Å². The molecule has 2 aromatic carbocycles. The van der Waals surface area contributed by atoms with Gasteiger partial charge in [-0.3, -0.25) is 4.79 Å². The van der Waals surface area contributed by atoms with Crippen LogP contribution < -0.4 is 10.1 Å². The van der Waals surface area contributed by atoms with Crippen LogP contribution in [0.1, 0.15) is 17.4 Å². The van der Waals surface area contributed by atoms with Gasteiger partial charge >= 0.3 is 5.97 Å². The van der Waals surface area contributed by atoms with Gasteiger partial charge in [-0.2, -0.15) is 5.10 Å². The largest absolute Gasteiger partial charge is 0.495 e. The second-order valence-corrected chi connectivity index (χ2v) is 8.40. The minimum atomic E-state index is -1.08. The van der Waals surface area contributed by atoms with Crippen molar-refractivity contribution in [2.24, 2.45) is 0 Å². The van der Waals surface area contributed by atoms with E-state index in [4.69, 9.17) is 21.1 Å². The highest BCUT2D eigenvalue weighted by molar-refractivity contribution is 7.13. The van der Waals surface area contributed by atoms with E-state index in [-0.39, 0.29) is 5.69 Å². The number of methoxy groups -OCH3 is 1. The van der Waals surface area contributed by atoms with E-state index < -0.39 is 18.0 Å². The van der Waals surface area contributed by atoms with Crippen LogP contribution in [0.3, 0.4) is 0 Å². The maximum Gasteiger partial charge on any atom is 0.357 e. The monoisotopic (exact) mass is 481 g/mol. The zero-order valence-electron chi connectivity index (χ0n) is 17.8. The molecule has 4 rings (SSSR count). The predicted molar refractivity (Wildman–Crippen MR) is 128 cm³/mol. The van der Waals surface area contributed by atoms with Crippen LogP contribution in [0.15, 0.2) is 72.1 Å². The molecule has 0 radical (unpaired) electrons. The topological polar surface area (TPSA) is 82.4 Å². The van der Waals surface area contributed by atoms with E-state index in [9.17, 15) is 9.59 Å². The van der Waals surface area contributed by atoms with Crippen molar-refractivity contribution in [1.29, 1.82) is 0 Å². The van der Waals surface area contributed by atoms with Crippen LogP contribution in [0, 0.1) is 0 Å². The van der Waals surface area contributed by atoms with Crippen LogP contribution in [-0.2, 0) is 9.53 Å². The van der Waals surface area contributed by atoms with E-state index in [1.54, 1.807) is 24.3 Å². The molecule has 0 aliphatic carbocycles. The Hall–Kier alpha value is -3.62. The minimum Gasteiger partial charge on any atom is -0.495 e. The summed E-state index contributed by atoms with van der Waals surface area (Å²) in [5, 5.41) is 9.65. The Labute approximate surface area is 199 Å². The highest BCUT2D eigenvalue weighted by Gasteiger charge is 2.24. The van der Waals surface area contributed by atoms with Gasteiger partial charge in [0.2, 0.25) is 0 Å². The van der Waals surface area contributed by atoms with Crippen molar-refractivity contribution in [3.05, 3.63) is 82.8 Å². The van der Waals surface area contributed by atoms with E-state index in [0.29, 0.717) is 27.8 Å². The van der Waals surface area contributed by atoms with Gasteiger partial charge in [0.15, 0.2) is 11.8 Å². The van der Waals surface area contributed by atoms with Crippen LogP contribution in [-0.4, -0.2) is 34.9 Å². The number of thiophene rings is 1. The minimum absolute atomic E-state index is 0.213. The third-order valence-corrected chi connectivity index (χ3v) is 5.89. The van der Waals surface area contributed by atoms with Gasteiger partial charge in [0, 0.05) is 11.1 Å². The molecule has 9 heteroatoms. The van der Waals surface area contributed by atoms with Gasteiger partial charge in [0.25, 0.3) is 5.91 Å².